The second kappa shape index (κ2) is 5.91. The Labute approximate surface area is 150 Å². The third-order valence-corrected chi connectivity index (χ3v) is 5.43. The molecule has 0 atom stereocenters. The van der Waals surface area contributed by atoms with Crippen molar-refractivity contribution in [2.75, 3.05) is 36.4 Å². The van der Waals surface area contributed by atoms with Gasteiger partial charge < -0.3 is 15.5 Å². The summed E-state index contributed by atoms with van der Waals surface area (Å²) in [6.45, 7) is 4.03. The molecule has 0 unspecified atom stereocenters. The number of benzene rings is 1. The first-order valence-corrected chi connectivity index (χ1v) is 8.89. The lowest BCUT2D eigenvalue weighted by atomic mass is 9.72. The van der Waals surface area contributed by atoms with E-state index in [1.807, 2.05) is 18.2 Å². The number of fused-ring (bicyclic) bond motifs is 1. The van der Waals surface area contributed by atoms with Gasteiger partial charge in [-0.15, -0.1) is 0 Å². The number of piperidine rings is 1. The van der Waals surface area contributed by atoms with E-state index in [1.165, 1.54) is 19.0 Å². The van der Waals surface area contributed by atoms with E-state index in [2.05, 4.69) is 35.7 Å². The van der Waals surface area contributed by atoms with E-state index in [1.54, 1.807) is 6.20 Å². The lowest BCUT2D eigenvalue weighted by molar-refractivity contribution is 0.148. The van der Waals surface area contributed by atoms with Crippen LogP contribution in [-0.2, 0) is 0 Å². The van der Waals surface area contributed by atoms with Crippen molar-refractivity contribution in [3.05, 3.63) is 36.4 Å². The van der Waals surface area contributed by atoms with Crippen molar-refractivity contribution in [3.8, 4) is 0 Å². The summed E-state index contributed by atoms with van der Waals surface area (Å²) in [5, 5.41) is 14.3. The van der Waals surface area contributed by atoms with Crippen LogP contribution >= 0.6 is 0 Å². The van der Waals surface area contributed by atoms with Crippen molar-refractivity contribution in [1.29, 1.82) is 0 Å². The van der Waals surface area contributed by atoms with Gasteiger partial charge in [-0.05, 0) is 44.1 Å². The molecule has 1 spiro atoms. The van der Waals surface area contributed by atoms with Crippen molar-refractivity contribution in [1.82, 2.24) is 25.5 Å². The van der Waals surface area contributed by atoms with E-state index in [0.717, 1.165) is 42.8 Å². The first-order chi connectivity index (χ1) is 12.7. The molecule has 0 bridgehead atoms. The summed E-state index contributed by atoms with van der Waals surface area (Å²) in [5.74, 6) is 0.324. The van der Waals surface area contributed by atoms with Crippen molar-refractivity contribution in [2.45, 2.75) is 12.8 Å². The van der Waals surface area contributed by atoms with Crippen molar-refractivity contribution < 1.29 is 4.39 Å². The molecule has 0 radical (unpaired) electrons. The first-order valence-electron chi connectivity index (χ1n) is 8.89. The quantitative estimate of drug-likeness (QED) is 0.671. The highest BCUT2D eigenvalue weighted by Crippen LogP contribution is 2.40. The highest BCUT2D eigenvalue weighted by molar-refractivity contribution is 5.82. The fourth-order valence-electron chi connectivity index (χ4n) is 3.93. The van der Waals surface area contributed by atoms with E-state index in [0.29, 0.717) is 11.4 Å². The molecule has 0 saturated carbocycles. The molecule has 4 heterocycles. The van der Waals surface area contributed by atoms with Gasteiger partial charge in [-0.25, -0.2) is 9.37 Å². The molecule has 5 rings (SSSR count). The van der Waals surface area contributed by atoms with Crippen molar-refractivity contribution in [2.24, 2.45) is 5.41 Å². The number of nitrogens with zero attached hydrogens (tertiary/aromatic N) is 4. The molecule has 0 aliphatic carbocycles. The van der Waals surface area contributed by atoms with Gasteiger partial charge in [0.1, 0.15) is 0 Å². The highest BCUT2D eigenvalue weighted by Gasteiger charge is 2.44. The topological polar surface area (TPSA) is 81.8 Å². The predicted molar refractivity (Wildman–Crippen MR) is 98.1 cm³/mol. The lowest BCUT2D eigenvalue weighted by Crippen LogP contribution is -2.60. The van der Waals surface area contributed by atoms with Crippen LogP contribution < -0.4 is 15.5 Å². The summed E-state index contributed by atoms with van der Waals surface area (Å²) in [4.78, 5) is 10.8. The number of anilines is 3. The summed E-state index contributed by atoms with van der Waals surface area (Å²) in [6, 6.07) is 5.68. The molecule has 1 aromatic carbocycles. The number of H-pyrrole nitrogens is 1. The number of rotatable bonds is 3. The second-order valence-corrected chi connectivity index (χ2v) is 7.27. The summed E-state index contributed by atoms with van der Waals surface area (Å²) in [7, 11) is 0. The third kappa shape index (κ3) is 2.66. The van der Waals surface area contributed by atoms with E-state index < -0.39 is 5.82 Å². The second-order valence-electron chi connectivity index (χ2n) is 7.27. The fourth-order valence-corrected chi connectivity index (χ4v) is 3.93. The van der Waals surface area contributed by atoms with E-state index in [-0.39, 0.29) is 5.82 Å². The zero-order valence-electron chi connectivity index (χ0n) is 14.3. The molecule has 134 valence electrons. The van der Waals surface area contributed by atoms with Gasteiger partial charge >= 0.3 is 0 Å². The third-order valence-electron chi connectivity index (χ3n) is 5.43. The number of aromatic amines is 1. The standard InChI is InChI=1S/C18H20FN7/c19-14-9-21-17(26-10-18(11-26)3-5-20-6-4-18)24-16(14)23-13-1-2-15-12(7-13)8-22-25-15/h1-2,7-9,20H,3-6,10-11H2,(H,22,25)(H,21,23,24). The maximum atomic E-state index is 14.2. The minimum Gasteiger partial charge on any atom is -0.340 e. The Balaban J connectivity index is 1.35. The molecule has 2 fully saturated rings. The molecule has 0 amide bonds. The van der Waals surface area contributed by atoms with Crippen LogP contribution in [0.3, 0.4) is 0 Å². The maximum Gasteiger partial charge on any atom is 0.227 e. The molecule has 2 saturated heterocycles. The van der Waals surface area contributed by atoms with Crippen LogP contribution in [0.4, 0.5) is 21.8 Å². The Morgan fingerprint density at radius 3 is 2.85 bits per heavy atom. The molecule has 3 aromatic rings. The number of aromatic nitrogens is 4. The van der Waals surface area contributed by atoms with Gasteiger partial charge in [0.05, 0.1) is 17.9 Å². The summed E-state index contributed by atoms with van der Waals surface area (Å²) < 4.78 is 14.2. The van der Waals surface area contributed by atoms with Crippen molar-refractivity contribution in [3.63, 3.8) is 0 Å². The van der Waals surface area contributed by atoms with Crippen LogP contribution in [0, 0.1) is 11.2 Å². The van der Waals surface area contributed by atoms with Gasteiger partial charge in [-0.2, -0.15) is 10.1 Å². The number of nitrogens with one attached hydrogen (secondary N) is 3. The van der Waals surface area contributed by atoms with Gasteiger partial charge in [0.2, 0.25) is 5.95 Å². The largest absolute Gasteiger partial charge is 0.340 e. The lowest BCUT2D eigenvalue weighted by Gasteiger charge is -2.52. The normalized spacial score (nSPS) is 18.9. The number of hydrogen-bond acceptors (Lipinski definition) is 6. The number of halogens is 1. The predicted octanol–water partition coefficient (Wildman–Crippen LogP) is 2.43. The Morgan fingerprint density at radius 1 is 1.15 bits per heavy atom. The van der Waals surface area contributed by atoms with Crippen LogP contribution in [0.2, 0.25) is 0 Å². The summed E-state index contributed by atoms with van der Waals surface area (Å²) in [6.07, 6.45) is 5.34. The van der Waals surface area contributed by atoms with E-state index >= 15 is 0 Å². The first kappa shape index (κ1) is 15.5. The minimum absolute atomic E-state index is 0.198. The summed E-state index contributed by atoms with van der Waals surface area (Å²) >= 11 is 0. The molecule has 2 aliphatic heterocycles. The Kier molecular flexibility index (Phi) is 3.53. The molecular weight excluding hydrogens is 333 g/mol. The zero-order chi connectivity index (χ0) is 17.6. The molecule has 3 N–H and O–H groups in total. The molecule has 7 nitrogen and oxygen atoms in total. The van der Waals surface area contributed by atoms with Gasteiger partial charge in [0.25, 0.3) is 0 Å². The molecule has 2 aromatic heterocycles. The Morgan fingerprint density at radius 2 is 2.00 bits per heavy atom. The maximum absolute atomic E-state index is 14.2. The Hall–Kier alpha value is -2.74. The van der Waals surface area contributed by atoms with Gasteiger partial charge in [-0.1, -0.05) is 0 Å². The average molecular weight is 353 g/mol. The zero-order valence-corrected chi connectivity index (χ0v) is 14.3. The van der Waals surface area contributed by atoms with Crippen LogP contribution in [-0.4, -0.2) is 46.3 Å². The van der Waals surface area contributed by atoms with Crippen LogP contribution in [0.5, 0.6) is 0 Å². The van der Waals surface area contributed by atoms with Gasteiger partial charge in [0.15, 0.2) is 11.6 Å². The molecular formula is C18H20FN7. The van der Waals surface area contributed by atoms with E-state index in [9.17, 15) is 4.39 Å². The van der Waals surface area contributed by atoms with Crippen LogP contribution in [0.1, 0.15) is 12.8 Å². The molecule has 8 heteroatoms. The number of hydrogen-bond donors (Lipinski definition) is 3. The van der Waals surface area contributed by atoms with Crippen LogP contribution in [0.15, 0.2) is 30.6 Å². The highest BCUT2D eigenvalue weighted by atomic mass is 19.1. The molecule has 2 aliphatic rings. The minimum atomic E-state index is -0.460. The van der Waals surface area contributed by atoms with Gasteiger partial charge in [-0.3, -0.25) is 5.10 Å². The molecule has 26 heavy (non-hydrogen) atoms. The SMILES string of the molecule is Fc1cnc(N2CC3(CCNCC3)C2)nc1Nc1ccc2[nH]ncc2c1. The smallest absolute Gasteiger partial charge is 0.227 e. The van der Waals surface area contributed by atoms with E-state index in [4.69, 9.17) is 0 Å². The summed E-state index contributed by atoms with van der Waals surface area (Å²) in [5.41, 5.74) is 2.08. The Bertz CT molecular complexity index is 940. The van der Waals surface area contributed by atoms with Crippen LogP contribution in [0.25, 0.3) is 10.9 Å². The monoisotopic (exact) mass is 353 g/mol. The van der Waals surface area contributed by atoms with Gasteiger partial charge in [0, 0.05) is 29.6 Å². The average Bonchev–Trinajstić information content (AvgIpc) is 3.10. The fraction of sp³-hybridized carbons (Fsp3) is 0.389. The van der Waals surface area contributed by atoms with Crippen molar-refractivity contribution >= 4 is 28.4 Å².